The number of hydrogen-bond donors (Lipinski definition) is 0. The third kappa shape index (κ3) is 4.50. The SMILES string of the molecule is C[C@@H](C(=O)N(C)CCC#N)N1CCO[C@@H](c2ccc(F)cc2)C1. The molecular weight excluding hydrogens is 297 g/mol. The van der Waals surface area contributed by atoms with E-state index in [1.165, 1.54) is 12.1 Å². The molecule has 1 heterocycles. The zero-order valence-corrected chi connectivity index (χ0v) is 13.5. The van der Waals surface area contributed by atoms with Gasteiger partial charge in [-0.05, 0) is 24.6 Å². The van der Waals surface area contributed by atoms with Crippen molar-refractivity contribution in [2.24, 2.45) is 0 Å². The maximum atomic E-state index is 13.0. The largest absolute Gasteiger partial charge is 0.371 e. The number of nitriles is 1. The van der Waals surface area contributed by atoms with Gasteiger partial charge in [-0.25, -0.2) is 4.39 Å². The molecule has 2 atom stereocenters. The fraction of sp³-hybridized carbons (Fsp3) is 0.529. The number of carbonyl (C=O) groups is 1. The minimum absolute atomic E-state index is 0.00000567. The van der Waals surface area contributed by atoms with Crippen LogP contribution in [0.2, 0.25) is 0 Å². The van der Waals surface area contributed by atoms with E-state index in [4.69, 9.17) is 10.00 Å². The van der Waals surface area contributed by atoms with Crippen LogP contribution in [0.25, 0.3) is 0 Å². The van der Waals surface area contributed by atoms with Crippen LogP contribution in [0.5, 0.6) is 0 Å². The van der Waals surface area contributed by atoms with E-state index in [1.807, 2.05) is 13.0 Å². The van der Waals surface area contributed by atoms with Gasteiger partial charge in [0.2, 0.25) is 5.91 Å². The molecule has 1 aliphatic rings. The van der Waals surface area contributed by atoms with Crippen molar-refractivity contribution in [1.29, 1.82) is 5.26 Å². The molecule has 1 saturated heterocycles. The molecule has 124 valence electrons. The number of hydrogen-bond acceptors (Lipinski definition) is 4. The first-order valence-electron chi connectivity index (χ1n) is 7.76. The molecule has 1 aliphatic heterocycles. The molecule has 23 heavy (non-hydrogen) atoms. The topological polar surface area (TPSA) is 56.6 Å². The van der Waals surface area contributed by atoms with Crippen LogP contribution in [0.4, 0.5) is 4.39 Å². The molecule has 0 N–H and O–H groups in total. The summed E-state index contributed by atoms with van der Waals surface area (Å²) in [5.74, 6) is -0.274. The van der Waals surface area contributed by atoms with Gasteiger partial charge in [-0.15, -0.1) is 0 Å². The van der Waals surface area contributed by atoms with Crippen LogP contribution < -0.4 is 0 Å². The second-order valence-corrected chi connectivity index (χ2v) is 5.75. The average molecular weight is 319 g/mol. The summed E-state index contributed by atoms with van der Waals surface area (Å²) in [6.07, 6.45) is 0.167. The third-order valence-corrected chi connectivity index (χ3v) is 4.18. The Bertz CT molecular complexity index is 570. The molecule has 0 aromatic heterocycles. The lowest BCUT2D eigenvalue weighted by molar-refractivity contribution is -0.138. The van der Waals surface area contributed by atoms with Gasteiger partial charge in [0.05, 0.1) is 31.2 Å². The predicted octanol–water partition coefficient (Wildman–Crippen LogP) is 1.96. The quantitative estimate of drug-likeness (QED) is 0.832. The maximum Gasteiger partial charge on any atom is 0.239 e. The summed E-state index contributed by atoms with van der Waals surface area (Å²) in [5.41, 5.74) is 0.911. The number of morpholine rings is 1. The van der Waals surface area contributed by atoms with Crippen LogP contribution >= 0.6 is 0 Å². The molecule has 0 bridgehead atoms. The van der Waals surface area contributed by atoms with Crippen LogP contribution in [-0.2, 0) is 9.53 Å². The molecule has 0 aliphatic carbocycles. The van der Waals surface area contributed by atoms with Crippen LogP contribution in [0.15, 0.2) is 24.3 Å². The highest BCUT2D eigenvalue weighted by atomic mass is 19.1. The van der Waals surface area contributed by atoms with E-state index in [0.29, 0.717) is 32.7 Å². The number of rotatable bonds is 5. The molecule has 1 amide bonds. The molecule has 1 aromatic rings. The first kappa shape index (κ1) is 17.4. The first-order chi connectivity index (χ1) is 11.0. The Morgan fingerprint density at radius 3 is 2.87 bits per heavy atom. The lowest BCUT2D eigenvalue weighted by Gasteiger charge is -2.37. The molecule has 0 radical (unpaired) electrons. The molecular formula is C17H22FN3O2. The monoisotopic (exact) mass is 319 g/mol. The number of carbonyl (C=O) groups excluding carboxylic acids is 1. The van der Waals surface area contributed by atoms with E-state index in [1.54, 1.807) is 24.1 Å². The third-order valence-electron chi connectivity index (χ3n) is 4.18. The highest BCUT2D eigenvalue weighted by molar-refractivity contribution is 5.81. The Morgan fingerprint density at radius 1 is 1.52 bits per heavy atom. The van der Waals surface area contributed by atoms with E-state index in [2.05, 4.69) is 4.90 Å². The standard InChI is InChI=1S/C17H22FN3O2/c1-13(17(22)20(2)9-3-8-19)21-10-11-23-16(12-21)14-4-6-15(18)7-5-14/h4-7,13,16H,3,9-12H2,1-2H3/t13-,16+/m0/s1. The fourth-order valence-electron chi connectivity index (χ4n) is 2.70. The second-order valence-electron chi connectivity index (χ2n) is 5.75. The van der Waals surface area contributed by atoms with Gasteiger partial charge in [0.25, 0.3) is 0 Å². The molecule has 1 aromatic carbocycles. The van der Waals surface area contributed by atoms with Gasteiger partial charge >= 0.3 is 0 Å². The van der Waals surface area contributed by atoms with Crippen molar-refractivity contribution in [2.75, 3.05) is 33.3 Å². The molecule has 0 saturated carbocycles. The summed E-state index contributed by atoms with van der Waals surface area (Å²) in [6, 6.07) is 8.05. The summed E-state index contributed by atoms with van der Waals surface area (Å²) in [7, 11) is 1.72. The van der Waals surface area contributed by atoms with Crippen molar-refractivity contribution in [3.8, 4) is 6.07 Å². The number of nitrogens with zero attached hydrogens (tertiary/aromatic N) is 3. The number of likely N-dealkylation sites (N-methyl/N-ethyl adjacent to an activating group) is 1. The van der Waals surface area contributed by atoms with Crippen molar-refractivity contribution in [1.82, 2.24) is 9.80 Å². The van der Waals surface area contributed by atoms with Crippen molar-refractivity contribution in [2.45, 2.75) is 25.5 Å². The lowest BCUT2D eigenvalue weighted by Crippen LogP contribution is -2.50. The first-order valence-corrected chi connectivity index (χ1v) is 7.76. The molecule has 5 nitrogen and oxygen atoms in total. The molecule has 6 heteroatoms. The minimum atomic E-state index is -0.274. The van der Waals surface area contributed by atoms with Gasteiger partial charge < -0.3 is 9.64 Å². The molecule has 0 spiro atoms. The average Bonchev–Trinajstić information content (AvgIpc) is 2.59. The zero-order valence-electron chi connectivity index (χ0n) is 13.5. The second kappa shape index (κ2) is 8.04. The van der Waals surface area contributed by atoms with Gasteiger partial charge in [0, 0.05) is 26.7 Å². The normalized spacial score (nSPS) is 19.8. The van der Waals surface area contributed by atoms with Gasteiger partial charge in [-0.1, -0.05) is 12.1 Å². The van der Waals surface area contributed by atoms with Crippen molar-refractivity contribution in [3.63, 3.8) is 0 Å². The number of amides is 1. The summed E-state index contributed by atoms with van der Waals surface area (Å²) < 4.78 is 18.8. The van der Waals surface area contributed by atoms with Crippen molar-refractivity contribution >= 4 is 5.91 Å². The highest BCUT2D eigenvalue weighted by Crippen LogP contribution is 2.24. The van der Waals surface area contributed by atoms with Crippen molar-refractivity contribution < 1.29 is 13.9 Å². The summed E-state index contributed by atoms with van der Waals surface area (Å²) in [5, 5.41) is 8.62. The Balaban J connectivity index is 1.98. The van der Waals surface area contributed by atoms with Gasteiger partial charge in [-0.2, -0.15) is 5.26 Å². The molecule has 0 unspecified atom stereocenters. The molecule has 1 fully saturated rings. The van der Waals surface area contributed by atoms with Crippen LogP contribution in [0, 0.1) is 17.1 Å². The van der Waals surface area contributed by atoms with E-state index in [9.17, 15) is 9.18 Å². The Kier molecular flexibility index (Phi) is 6.08. The van der Waals surface area contributed by atoms with Crippen molar-refractivity contribution in [3.05, 3.63) is 35.6 Å². The Morgan fingerprint density at radius 2 is 2.22 bits per heavy atom. The summed E-state index contributed by atoms with van der Waals surface area (Å²) in [4.78, 5) is 16.1. The summed E-state index contributed by atoms with van der Waals surface area (Å²) >= 11 is 0. The minimum Gasteiger partial charge on any atom is -0.371 e. The van der Waals surface area contributed by atoms with E-state index < -0.39 is 0 Å². The molecule has 2 rings (SSSR count). The van der Waals surface area contributed by atoms with Crippen LogP contribution in [0.1, 0.15) is 25.0 Å². The van der Waals surface area contributed by atoms with Gasteiger partial charge in [-0.3, -0.25) is 9.69 Å². The van der Waals surface area contributed by atoms with Gasteiger partial charge in [0.15, 0.2) is 0 Å². The number of benzene rings is 1. The van der Waals surface area contributed by atoms with E-state index in [0.717, 1.165) is 5.56 Å². The maximum absolute atomic E-state index is 13.0. The smallest absolute Gasteiger partial charge is 0.239 e. The Hall–Kier alpha value is -1.97. The van der Waals surface area contributed by atoms with E-state index in [-0.39, 0.29) is 23.9 Å². The number of ether oxygens (including phenoxy) is 1. The van der Waals surface area contributed by atoms with E-state index >= 15 is 0 Å². The fourth-order valence-corrected chi connectivity index (χ4v) is 2.70. The highest BCUT2D eigenvalue weighted by Gasteiger charge is 2.30. The Labute approximate surface area is 136 Å². The van der Waals surface area contributed by atoms with Gasteiger partial charge in [0.1, 0.15) is 5.82 Å². The number of halogens is 1. The van der Waals surface area contributed by atoms with Crippen LogP contribution in [0.3, 0.4) is 0 Å². The zero-order chi connectivity index (χ0) is 16.8. The summed E-state index contributed by atoms with van der Waals surface area (Å²) in [6.45, 7) is 4.10. The lowest BCUT2D eigenvalue weighted by atomic mass is 10.1. The van der Waals surface area contributed by atoms with Crippen LogP contribution in [-0.4, -0.2) is 55.0 Å². The predicted molar refractivity (Wildman–Crippen MR) is 84.0 cm³/mol.